The first-order chi connectivity index (χ1) is 7.15. The van der Waals surface area contributed by atoms with Gasteiger partial charge in [-0.25, -0.2) is 4.39 Å². The average molecular weight is 310 g/mol. The largest absolute Gasteiger partial charge is 0.326 e. The zero-order chi connectivity index (χ0) is 10.8. The lowest BCUT2D eigenvalue weighted by atomic mass is 10.2. The Morgan fingerprint density at radius 1 is 1.50 bits per heavy atom. The van der Waals surface area contributed by atoms with Crippen molar-refractivity contribution in [3.05, 3.63) is 34.1 Å². The van der Waals surface area contributed by atoms with E-state index in [-0.39, 0.29) is 24.3 Å². The summed E-state index contributed by atoms with van der Waals surface area (Å²) < 4.78 is 14.4. The Morgan fingerprint density at radius 3 is 2.88 bits per heavy atom. The van der Waals surface area contributed by atoms with Gasteiger partial charge < -0.3 is 5.73 Å². The second-order valence-corrected chi connectivity index (χ2v) is 4.94. The van der Waals surface area contributed by atoms with Crippen molar-refractivity contribution in [2.75, 3.05) is 13.1 Å². The molecule has 0 unspecified atom stereocenters. The highest BCUT2D eigenvalue weighted by molar-refractivity contribution is 9.10. The molecule has 5 heteroatoms. The molecule has 1 aliphatic heterocycles. The minimum absolute atomic E-state index is 0. The minimum Gasteiger partial charge on any atom is -0.326 e. The van der Waals surface area contributed by atoms with Gasteiger partial charge in [0.2, 0.25) is 0 Å². The van der Waals surface area contributed by atoms with E-state index in [4.69, 9.17) is 5.73 Å². The number of rotatable bonds is 2. The fraction of sp³-hybridized carbons (Fsp3) is 0.455. The Hall–Kier alpha value is -0.160. The second-order valence-electron chi connectivity index (χ2n) is 4.02. The fourth-order valence-corrected chi connectivity index (χ4v) is 2.32. The number of nitrogens with zero attached hydrogens (tertiary/aromatic N) is 1. The molecule has 0 amide bonds. The molecule has 0 spiro atoms. The number of hydrogen-bond donors (Lipinski definition) is 1. The van der Waals surface area contributed by atoms with Crippen LogP contribution in [0.4, 0.5) is 4.39 Å². The van der Waals surface area contributed by atoms with E-state index in [1.807, 2.05) is 6.07 Å². The van der Waals surface area contributed by atoms with E-state index in [0.29, 0.717) is 6.54 Å². The van der Waals surface area contributed by atoms with Crippen LogP contribution in [0.25, 0.3) is 0 Å². The van der Waals surface area contributed by atoms with Crippen LogP contribution in [0.15, 0.2) is 22.7 Å². The van der Waals surface area contributed by atoms with Crippen molar-refractivity contribution >= 4 is 28.3 Å². The predicted octanol–water partition coefficient (Wildman–Crippen LogP) is 2.54. The van der Waals surface area contributed by atoms with Gasteiger partial charge in [0.1, 0.15) is 5.82 Å². The molecular weight excluding hydrogens is 294 g/mol. The molecule has 2 nitrogen and oxygen atoms in total. The number of likely N-dealkylation sites (tertiary alicyclic amines) is 1. The molecule has 0 saturated carbocycles. The summed E-state index contributed by atoms with van der Waals surface area (Å²) in [5.74, 6) is -0.140. The monoisotopic (exact) mass is 308 g/mol. The van der Waals surface area contributed by atoms with E-state index >= 15 is 0 Å². The lowest BCUT2D eigenvalue weighted by molar-refractivity contribution is 0.321. The van der Waals surface area contributed by atoms with E-state index in [2.05, 4.69) is 20.8 Å². The van der Waals surface area contributed by atoms with Crippen LogP contribution in [0.1, 0.15) is 12.0 Å². The number of hydrogen-bond acceptors (Lipinski definition) is 2. The topological polar surface area (TPSA) is 29.3 Å². The third-order valence-corrected chi connectivity index (χ3v) is 3.20. The van der Waals surface area contributed by atoms with Gasteiger partial charge in [-0.15, -0.1) is 12.4 Å². The third-order valence-electron chi connectivity index (χ3n) is 2.71. The average Bonchev–Trinajstić information content (AvgIpc) is 2.58. The SMILES string of the molecule is Cl.N[C@H]1CCN(Cc2cc(Br)ccc2F)C1. The molecule has 1 atom stereocenters. The molecule has 2 rings (SSSR count). The molecule has 1 aromatic rings. The fourth-order valence-electron chi connectivity index (χ4n) is 1.91. The summed E-state index contributed by atoms with van der Waals surface area (Å²) in [5, 5.41) is 0. The molecule has 2 N–H and O–H groups in total. The Balaban J connectivity index is 0.00000128. The number of benzene rings is 1. The molecule has 0 bridgehead atoms. The smallest absolute Gasteiger partial charge is 0.127 e. The van der Waals surface area contributed by atoms with Crippen LogP contribution in [0.3, 0.4) is 0 Å². The molecule has 0 aliphatic carbocycles. The Kier molecular flexibility index (Phi) is 5.18. The molecule has 1 aromatic carbocycles. The van der Waals surface area contributed by atoms with Crippen molar-refractivity contribution in [2.45, 2.75) is 19.0 Å². The minimum atomic E-state index is -0.140. The van der Waals surface area contributed by atoms with Gasteiger partial charge in [-0.3, -0.25) is 4.90 Å². The first-order valence-corrected chi connectivity index (χ1v) is 5.86. The highest BCUT2D eigenvalue weighted by atomic mass is 79.9. The van der Waals surface area contributed by atoms with Crippen LogP contribution in [0, 0.1) is 5.82 Å². The molecule has 1 fully saturated rings. The summed E-state index contributed by atoms with van der Waals surface area (Å²) in [5.41, 5.74) is 6.54. The van der Waals surface area contributed by atoms with Crippen LogP contribution in [-0.4, -0.2) is 24.0 Å². The maximum absolute atomic E-state index is 13.4. The van der Waals surface area contributed by atoms with E-state index in [0.717, 1.165) is 29.5 Å². The van der Waals surface area contributed by atoms with Crippen LogP contribution in [0.2, 0.25) is 0 Å². The van der Waals surface area contributed by atoms with Crippen LogP contribution >= 0.6 is 28.3 Å². The maximum Gasteiger partial charge on any atom is 0.127 e. The summed E-state index contributed by atoms with van der Waals surface area (Å²) in [7, 11) is 0. The van der Waals surface area contributed by atoms with Gasteiger partial charge in [0.25, 0.3) is 0 Å². The standard InChI is InChI=1S/C11H14BrFN2.ClH/c12-9-1-2-11(13)8(5-9)6-15-4-3-10(14)7-15;/h1-2,5,10H,3-4,6-7,14H2;1H/t10-;/m0./s1. The van der Waals surface area contributed by atoms with Gasteiger partial charge in [-0.2, -0.15) is 0 Å². The zero-order valence-electron chi connectivity index (χ0n) is 8.83. The highest BCUT2D eigenvalue weighted by Crippen LogP contribution is 2.19. The predicted molar refractivity (Wildman–Crippen MR) is 69.2 cm³/mol. The molecule has 0 radical (unpaired) electrons. The van der Waals surface area contributed by atoms with Crippen molar-refractivity contribution in [2.24, 2.45) is 5.73 Å². The number of nitrogens with two attached hydrogens (primary N) is 1. The van der Waals surface area contributed by atoms with Gasteiger partial charge in [0.15, 0.2) is 0 Å². The van der Waals surface area contributed by atoms with Crippen LogP contribution < -0.4 is 5.73 Å². The quantitative estimate of drug-likeness (QED) is 0.910. The lowest BCUT2D eigenvalue weighted by Crippen LogP contribution is -2.26. The zero-order valence-corrected chi connectivity index (χ0v) is 11.2. The van der Waals surface area contributed by atoms with E-state index in [1.165, 1.54) is 6.07 Å². The Morgan fingerprint density at radius 2 is 2.25 bits per heavy atom. The van der Waals surface area contributed by atoms with Crippen LogP contribution in [0.5, 0.6) is 0 Å². The van der Waals surface area contributed by atoms with Crippen molar-refractivity contribution in [1.29, 1.82) is 0 Å². The third kappa shape index (κ3) is 3.42. The van der Waals surface area contributed by atoms with Gasteiger partial charge in [0.05, 0.1) is 0 Å². The summed E-state index contributed by atoms with van der Waals surface area (Å²) in [6.07, 6.45) is 1.01. The Bertz CT molecular complexity index is 362. The van der Waals surface area contributed by atoms with Crippen molar-refractivity contribution in [3.63, 3.8) is 0 Å². The van der Waals surface area contributed by atoms with Crippen molar-refractivity contribution in [3.8, 4) is 0 Å². The first-order valence-electron chi connectivity index (χ1n) is 5.07. The molecule has 0 aromatic heterocycles. The van der Waals surface area contributed by atoms with Crippen LogP contribution in [-0.2, 0) is 6.54 Å². The van der Waals surface area contributed by atoms with E-state index in [1.54, 1.807) is 6.07 Å². The second kappa shape index (κ2) is 5.96. The molecule has 1 heterocycles. The summed E-state index contributed by atoms with van der Waals surface area (Å²) in [6.45, 7) is 2.48. The van der Waals surface area contributed by atoms with Crippen molar-refractivity contribution in [1.82, 2.24) is 4.90 Å². The summed E-state index contributed by atoms with van der Waals surface area (Å²) in [6, 6.07) is 5.29. The number of halogens is 3. The molecule has 90 valence electrons. The van der Waals surface area contributed by atoms with Gasteiger partial charge in [-0.05, 0) is 24.6 Å². The van der Waals surface area contributed by atoms with E-state index < -0.39 is 0 Å². The van der Waals surface area contributed by atoms with Gasteiger partial charge in [0, 0.05) is 35.7 Å². The highest BCUT2D eigenvalue weighted by Gasteiger charge is 2.19. The lowest BCUT2D eigenvalue weighted by Gasteiger charge is -2.15. The maximum atomic E-state index is 13.4. The molecule has 16 heavy (non-hydrogen) atoms. The molecular formula is C11H15BrClFN2. The van der Waals surface area contributed by atoms with Crippen molar-refractivity contribution < 1.29 is 4.39 Å². The first kappa shape index (κ1) is 13.9. The Labute approximate surface area is 110 Å². The van der Waals surface area contributed by atoms with E-state index in [9.17, 15) is 4.39 Å². The molecule has 1 saturated heterocycles. The van der Waals surface area contributed by atoms with Gasteiger partial charge >= 0.3 is 0 Å². The molecule has 1 aliphatic rings. The normalized spacial score (nSPS) is 20.8. The summed E-state index contributed by atoms with van der Waals surface area (Å²) in [4.78, 5) is 2.19. The summed E-state index contributed by atoms with van der Waals surface area (Å²) >= 11 is 3.35. The van der Waals surface area contributed by atoms with Gasteiger partial charge in [-0.1, -0.05) is 15.9 Å².